The normalized spacial score (nSPS) is 30.8. The zero-order chi connectivity index (χ0) is 18.7. The first-order valence-corrected chi connectivity index (χ1v) is 10.3. The van der Waals surface area contributed by atoms with Crippen molar-refractivity contribution in [2.24, 2.45) is 5.92 Å². The van der Waals surface area contributed by atoms with E-state index in [0.29, 0.717) is 0 Å². The first-order chi connectivity index (χ1) is 12.3. The Morgan fingerprint density at radius 2 is 1.73 bits per heavy atom. The van der Waals surface area contributed by atoms with Crippen LogP contribution in [0.2, 0.25) is 0 Å². The van der Waals surface area contributed by atoms with E-state index in [-0.39, 0.29) is 16.6 Å². The molecule has 0 aromatic heterocycles. The van der Waals surface area contributed by atoms with Crippen LogP contribution >= 0.6 is 0 Å². The second-order valence-electron chi connectivity index (χ2n) is 9.60. The van der Waals surface area contributed by atoms with E-state index in [4.69, 9.17) is 9.47 Å². The fraction of sp³-hybridized carbons (Fsp3) is 0.739. The Balaban J connectivity index is 1.59. The number of ether oxygens (including phenoxy) is 2. The van der Waals surface area contributed by atoms with Crippen molar-refractivity contribution < 1.29 is 9.47 Å². The molecule has 146 valence electrons. The lowest BCUT2D eigenvalue weighted by molar-refractivity contribution is -0.0845. The largest absolute Gasteiger partial charge is 0.376 e. The molecule has 0 aliphatic carbocycles. The van der Waals surface area contributed by atoms with Crippen molar-refractivity contribution in [3.63, 3.8) is 0 Å². The molecule has 0 spiro atoms. The van der Waals surface area contributed by atoms with Gasteiger partial charge in [0.05, 0.1) is 11.2 Å². The summed E-state index contributed by atoms with van der Waals surface area (Å²) in [5.41, 5.74) is 1.70. The fourth-order valence-electron chi connectivity index (χ4n) is 5.04. The summed E-state index contributed by atoms with van der Waals surface area (Å²) in [6.07, 6.45) is 5.73. The summed E-state index contributed by atoms with van der Waals surface area (Å²) in [6.45, 7) is 12.8. The number of nitrogens with one attached hydrogen (secondary N) is 1. The monoisotopic (exact) mass is 359 g/mol. The van der Waals surface area contributed by atoms with Crippen LogP contribution < -0.4 is 5.32 Å². The van der Waals surface area contributed by atoms with Crippen LogP contribution in [-0.2, 0) is 14.9 Å². The first-order valence-electron chi connectivity index (χ1n) is 10.3. The van der Waals surface area contributed by atoms with E-state index >= 15 is 0 Å². The summed E-state index contributed by atoms with van der Waals surface area (Å²) in [5, 5.41) is 3.77. The molecule has 0 amide bonds. The Bertz CT molecular complexity index is 569. The second-order valence-corrected chi connectivity index (χ2v) is 9.60. The highest BCUT2D eigenvalue weighted by atomic mass is 16.5. The van der Waals surface area contributed by atoms with Gasteiger partial charge in [-0.2, -0.15) is 0 Å². The van der Waals surface area contributed by atoms with Crippen LogP contribution in [-0.4, -0.2) is 37.5 Å². The predicted molar refractivity (Wildman–Crippen MR) is 108 cm³/mol. The van der Waals surface area contributed by atoms with Crippen LogP contribution in [0, 0.1) is 5.92 Å². The van der Waals surface area contributed by atoms with E-state index in [1.165, 1.54) is 18.4 Å². The number of hydrogen-bond donors (Lipinski definition) is 1. The molecule has 2 fully saturated rings. The Kier molecular flexibility index (Phi) is 6.11. The van der Waals surface area contributed by atoms with E-state index in [1.807, 2.05) is 0 Å². The summed E-state index contributed by atoms with van der Waals surface area (Å²) >= 11 is 0. The van der Waals surface area contributed by atoms with Gasteiger partial charge in [-0.3, -0.25) is 0 Å². The Labute approximate surface area is 159 Å². The Morgan fingerprint density at radius 3 is 2.42 bits per heavy atom. The average Bonchev–Trinajstić information content (AvgIpc) is 2.58. The molecule has 3 rings (SSSR count). The van der Waals surface area contributed by atoms with E-state index < -0.39 is 0 Å². The molecular formula is C23H37NO2. The molecule has 2 aliphatic rings. The van der Waals surface area contributed by atoms with E-state index in [1.54, 1.807) is 0 Å². The van der Waals surface area contributed by atoms with Crippen molar-refractivity contribution in [3.05, 3.63) is 35.9 Å². The molecule has 1 aromatic carbocycles. The van der Waals surface area contributed by atoms with Gasteiger partial charge in [-0.05, 0) is 84.4 Å². The van der Waals surface area contributed by atoms with Crippen LogP contribution in [0.3, 0.4) is 0 Å². The quantitative estimate of drug-likeness (QED) is 0.747. The number of hydrogen-bond acceptors (Lipinski definition) is 3. The van der Waals surface area contributed by atoms with Crippen molar-refractivity contribution in [3.8, 4) is 0 Å². The molecule has 1 aromatic rings. The summed E-state index contributed by atoms with van der Waals surface area (Å²) in [7, 11) is 0. The molecule has 3 nitrogen and oxygen atoms in total. The van der Waals surface area contributed by atoms with Gasteiger partial charge >= 0.3 is 0 Å². The Morgan fingerprint density at radius 1 is 1.00 bits per heavy atom. The number of rotatable bonds is 6. The van der Waals surface area contributed by atoms with Crippen molar-refractivity contribution in [1.29, 1.82) is 0 Å². The van der Waals surface area contributed by atoms with E-state index in [9.17, 15) is 0 Å². The average molecular weight is 360 g/mol. The van der Waals surface area contributed by atoms with Crippen molar-refractivity contribution in [2.45, 2.75) is 76.4 Å². The molecular weight excluding hydrogens is 322 g/mol. The Hall–Kier alpha value is -0.900. The molecule has 0 saturated carbocycles. The third-order valence-corrected chi connectivity index (χ3v) is 6.24. The zero-order valence-corrected chi connectivity index (χ0v) is 17.1. The lowest BCUT2D eigenvalue weighted by Crippen LogP contribution is -2.45. The van der Waals surface area contributed by atoms with E-state index in [2.05, 4.69) is 63.3 Å². The standard InChI is InChI=1S/C23H37NO2/c1-21(2)16-19(10-14-25-21)17-24-13-11-23(20-8-6-5-7-9-20)12-15-26-22(3,4)18-23/h5-9,19,24H,10-18H2,1-4H3/t19-,23+/m1/s1. The summed E-state index contributed by atoms with van der Waals surface area (Å²) in [6, 6.07) is 11.1. The molecule has 3 heteroatoms. The van der Waals surface area contributed by atoms with Gasteiger partial charge in [-0.1, -0.05) is 30.3 Å². The predicted octanol–water partition coefficient (Wildman–Crippen LogP) is 4.70. The van der Waals surface area contributed by atoms with Gasteiger partial charge in [0.2, 0.25) is 0 Å². The topological polar surface area (TPSA) is 30.5 Å². The lowest BCUT2D eigenvalue weighted by atomic mass is 9.67. The minimum absolute atomic E-state index is 0.0423. The van der Waals surface area contributed by atoms with Crippen molar-refractivity contribution in [1.82, 2.24) is 5.32 Å². The summed E-state index contributed by atoms with van der Waals surface area (Å²) in [5.74, 6) is 0.734. The maximum atomic E-state index is 6.03. The highest BCUT2D eigenvalue weighted by Gasteiger charge is 2.41. The van der Waals surface area contributed by atoms with Crippen LogP contribution in [0.25, 0.3) is 0 Å². The zero-order valence-electron chi connectivity index (χ0n) is 17.1. The van der Waals surface area contributed by atoms with Gasteiger partial charge < -0.3 is 14.8 Å². The van der Waals surface area contributed by atoms with Crippen LogP contribution in [0.5, 0.6) is 0 Å². The van der Waals surface area contributed by atoms with Gasteiger partial charge in [-0.25, -0.2) is 0 Å². The molecule has 0 radical (unpaired) electrons. The SMILES string of the molecule is CC1(C)C[C@H](CNCC[C@]2(c3ccccc3)CCOC(C)(C)C2)CCO1. The fourth-order valence-corrected chi connectivity index (χ4v) is 5.04. The molecule has 26 heavy (non-hydrogen) atoms. The maximum absolute atomic E-state index is 6.03. The van der Waals surface area contributed by atoms with Gasteiger partial charge in [0.15, 0.2) is 0 Å². The minimum atomic E-state index is -0.0428. The van der Waals surface area contributed by atoms with Crippen LogP contribution in [0.4, 0.5) is 0 Å². The molecule has 0 bridgehead atoms. The summed E-state index contributed by atoms with van der Waals surface area (Å²) < 4.78 is 11.9. The minimum Gasteiger partial charge on any atom is -0.376 e. The van der Waals surface area contributed by atoms with E-state index in [0.717, 1.165) is 51.5 Å². The van der Waals surface area contributed by atoms with Crippen molar-refractivity contribution in [2.75, 3.05) is 26.3 Å². The van der Waals surface area contributed by atoms with Gasteiger partial charge in [0, 0.05) is 18.6 Å². The first kappa shape index (κ1) is 19.9. The smallest absolute Gasteiger partial charge is 0.0635 e. The van der Waals surface area contributed by atoms with Crippen molar-refractivity contribution >= 4 is 0 Å². The third kappa shape index (κ3) is 5.09. The number of benzene rings is 1. The van der Waals surface area contributed by atoms with Gasteiger partial charge in [-0.15, -0.1) is 0 Å². The molecule has 0 unspecified atom stereocenters. The molecule has 2 saturated heterocycles. The lowest BCUT2D eigenvalue weighted by Gasteiger charge is -2.45. The molecule has 2 aliphatic heterocycles. The molecule has 2 heterocycles. The maximum Gasteiger partial charge on any atom is 0.0635 e. The molecule has 1 N–H and O–H groups in total. The highest BCUT2D eigenvalue weighted by Crippen LogP contribution is 2.43. The second kappa shape index (κ2) is 8.00. The molecule has 2 atom stereocenters. The van der Waals surface area contributed by atoms with Gasteiger partial charge in [0.1, 0.15) is 0 Å². The van der Waals surface area contributed by atoms with Crippen LogP contribution in [0.1, 0.15) is 65.4 Å². The highest BCUT2D eigenvalue weighted by molar-refractivity contribution is 5.27. The van der Waals surface area contributed by atoms with Crippen LogP contribution in [0.15, 0.2) is 30.3 Å². The van der Waals surface area contributed by atoms with Gasteiger partial charge in [0.25, 0.3) is 0 Å². The third-order valence-electron chi connectivity index (χ3n) is 6.24. The summed E-state index contributed by atoms with van der Waals surface area (Å²) in [4.78, 5) is 0.